The van der Waals surface area contributed by atoms with Gasteiger partial charge in [-0.1, -0.05) is 30.3 Å². The van der Waals surface area contributed by atoms with E-state index in [1.165, 1.54) is 23.5 Å². The van der Waals surface area contributed by atoms with Crippen molar-refractivity contribution in [2.24, 2.45) is 0 Å². The largest absolute Gasteiger partial charge is 0.486 e. The molecule has 1 N–H and O–H groups in total. The number of aromatic amines is 1. The molecule has 0 aliphatic rings. The molecule has 0 unspecified atom stereocenters. The molecule has 0 aliphatic heterocycles. The molecule has 2 aromatic heterocycles. The minimum atomic E-state index is -0.310. The number of para-hydroxylation sites is 1. The van der Waals surface area contributed by atoms with E-state index >= 15 is 0 Å². The Morgan fingerprint density at radius 2 is 1.84 bits per heavy atom. The van der Waals surface area contributed by atoms with E-state index in [1.54, 1.807) is 12.1 Å². The predicted molar refractivity (Wildman–Crippen MR) is 96.4 cm³/mol. The second-order valence-electron chi connectivity index (χ2n) is 5.45. The van der Waals surface area contributed by atoms with Gasteiger partial charge in [0.05, 0.1) is 5.39 Å². The predicted octanol–water partition coefficient (Wildman–Crippen LogP) is 4.37. The number of thiophene rings is 1. The van der Waals surface area contributed by atoms with Crippen molar-refractivity contribution in [3.05, 3.63) is 82.0 Å². The Morgan fingerprint density at radius 3 is 2.60 bits per heavy atom. The Balaban J connectivity index is 1.67. The molecule has 4 rings (SSSR count). The third kappa shape index (κ3) is 3.16. The SMILES string of the molecule is O=c1[nH]c(COc2ccccc2)nc2scc(-c3ccc(F)cc3)c12. The number of rotatable bonds is 4. The minimum Gasteiger partial charge on any atom is -0.486 e. The molecule has 0 saturated heterocycles. The Labute approximate surface area is 146 Å². The maximum atomic E-state index is 13.1. The Kier molecular flexibility index (Phi) is 4.03. The van der Waals surface area contributed by atoms with Gasteiger partial charge in [0.15, 0.2) is 0 Å². The van der Waals surface area contributed by atoms with Gasteiger partial charge in [-0.05, 0) is 29.8 Å². The average Bonchev–Trinajstić information content (AvgIpc) is 3.06. The number of ether oxygens (including phenoxy) is 1. The minimum absolute atomic E-state index is 0.180. The molecule has 6 heteroatoms. The van der Waals surface area contributed by atoms with Crippen LogP contribution in [0, 0.1) is 5.82 Å². The van der Waals surface area contributed by atoms with Crippen LogP contribution in [0.4, 0.5) is 4.39 Å². The molecule has 0 aliphatic carbocycles. The van der Waals surface area contributed by atoms with Crippen LogP contribution < -0.4 is 10.3 Å². The maximum absolute atomic E-state index is 13.1. The van der Waals surface area contributed by atoms with Crippen LogP contribution in [0.15, 0.2) is 64.8 Å². The fourth-order valence-electron chi connectivity index (χ4n) is 2.57. The van der Waals surface area contributed by atoms with E-state index in [2.05, 4.69) is 9.97 Å². The van der Waals surface area contributed by atoms with Crippen LogP contribution in [0.25, 0.3) is 21.3 Å². The van der Waals surface area contributed by atoms with Gasteiger partial charge in [0, 0.05) is 10.9 Å². The number of halogens is 1. The third-order valence-electron chi connectivity index (χ3n) is 3.77. The third-order valence-corrected chi connectivity index (χ3v) is 4.64. The number of H-pyrrole nitrogens is 1. The molecule has 0 radical (unpaired) electrons. The van der Waals surface area contributed by atoms with E-state index in [1.807, 2.05) is 35.7 Å². The van der Waals surface area contributed by atoms with Crippen molar-refractivity contribution in [2.45, 2.75) is 6.61 Å². The summed E-state index contributed by atoms with van der Waals surface area (Å²) in [5, 5.41) is 2.38. The monoisotopic (exact) mass is 352 g/mol. The standard InChI is InChI=1S/C19H13FN2O2S/c20-13-8-6-12(7-9-13)15-11-25-19-17(15)18(23)21-16(22-19)10-24-14-4-2-1-3-5-14/h1-9,11H,10H2,(H,21,22,23). The van der Waals surface area contributed by atoms with E-state index in [-0.39, 0.29) is 18.0 Å². The van der Waals surface area contributed by atoms with Gasteiger partial charge in [-0.15, -0.1) is 11.3 Å². The first-order chi connectivity index (χ1) is 12.2. The summed E-state index contributed by atoms with van der Waals surface area (Å²) in [4.78, 5) is 20.4. The second kappa shape index (κ2) is 6.49. The number of fused-ring (bicyclic) bond motifs is 1. The molecule has 0 spiro atoms. The quantitative estimate of drug-likeness (QED) is 0.593. The average molecular weight is 352 g/mol. The van der Waals surface area contributed by atoms with Crippen LogP contribution >= 0.6 is 11.3 Å². The van der Waals surface area contributed by atoms with Crippen molar-refractivity contribution in [1.82, 2.24) is 9.97 Å². The van der Waals surface area contributed by atoms with Crippen molar-refractivity contribution in [3.63, 3.8) is 0 Å². The lowest BCUT2D eigenvalue weighted by molar-refractivity contribution is 0.296. The molecule has 25 heavy (non-hydrogen) atoms. The first kappa shape index (κ1) is 15.5. The molecular weight excluding hydrogens is 339 g/mol. The van der Waals surface area contributed by atoms with Crippen LogP contribution in [-0.2, 0) is 6.61 Å². The molecule has 0 bridgehead atoms. The highest BCUT2D eigenvalue weighted by Crippen LogP contribution is 2.30. The van der Waals surface area contributed by atoms with E-state index in [0.717, 1.165) is 11.1 Å². The van der Waals surface area contributed by atoms with Gasteiger partial charge in [-0.3, -0.25) is 4.79 Å². The summed E-state index contributed by atoms with van der Waals surface area (Å²) in [6, 6.07) is 15.4. The highest BCUT2D eigenvalue weighted by molar-refractivity contribution is 7.17. The van der Waals surface area contributed by atoms with Crippen molar-refractivity contribution in [1.29, 1.82) is 0 Å². The summed E-state index contributed by atoms with van der Waals surface area (Å²) < 4.78 is 18.7. The molecule has 4 aromatic rings. The van der Waals surface area contributed by atoms with Gasteiger partial charge in [0.2, 0.25) is 0 Å². The Bertz CT molecular complexity index is 1070. The molecule has 0 fully saturated rings. The first-order valence-corrected chi connectivity index (χ1v) is 8.53. The summed E-state index contributed by atoms with van der Waals surface area (Å²) in [5.41, 5.74) is 1.31. The smallest absolute Gasteiger partial charge is 0.260 e. The van der Waals surface area contributed by atoms with Gasteiger partial charge < -0.3 is 9.72 Å². The molecular formula is C19H13FN2O2S. The zero-order valence-corrected chi connectivity index (χ0v) is 13.8. The highest BCUT2D eigenvalue weighted by atomic mass is 32.1. The summed E-state index contributed by atoms with van der Waals surface area (Å²) in [5.74, 6) is 0.868. The van der Waals surface area contributed by atoms with Crippen LogP contribution in [0.3, 0.4) is 0 Å². The fraction of sp³-hybridized carbons (Fsp3) is 0.0526. The van der Waals surface area contributed by atoms with E-state index in [9.17, 15) is 9.18 Å². The molecule has 0 saturated carbocycles. The molecule has 2 aromatic carbocycles. The van der Waals surface area contributed by atoms with Crippen LogP contribution in [0.1, 0.15) is 5.82 Å². The van der Waals surface area contributed by atoms with Crippen molar-refractivity contribution < 1.29 is 9.13 Å². The molecule has 0 amide bonds. The summed E-state index contributed by atoms with van der Waals surface area (Å²) in [6.07, 6.45) is 0. The highest BCUT2D eigenvalue weighted by Gasteiger charge is 2.13. The number of hydrogen-bond acceptors (Lipinski definition) is 4. The lowest BCUT2D eigenvalue weighted by Crippen LogP contribution is -2.13. The molecule has 0 atom stereocenters. The van der Waals surface area contributed by atoms with Crippen molar-refractivity contribution in [3.8, 4) is 16.9 Å². The van der Waals surface area contributed by atoms with Gasteiger partial charge >= 0.3 is 0 Å². The van der Waals surface area contributed by atoms with Crippen LogP contribution in [0.5, 0.6) is 5.75 Å². The van der Waals surface area contributed by atoms with Crippen LogP contribution in [0.2, 0.25) is 0 Å². The Hall–Kier alpha value is -2.99. The second-order valence-corrected chi connectivity index (χ2v) is 6.31. The number of benzene rings is 2. The zero-order valence-electron chi connectivity index (χ0n) is 13.0. The topological polar surface area (TPSA) is 55.0 Å². The summed E-state index contributed by atoms with van der Waals surface area (Å²) in [6.45, 7) is 0.180. The summed E-state index contributed by atoms with van der Waals surface area (Å²) in [7, 11) is 0. The summed E-state index contributed by atoms with van der Waals surface area (Å²) >= 11 is 1.38. The number of hydrogen-bond donors (Lipinski definition) is 1. The van der Waals surface area contributed by atoms with E-state index in [0.29, 0.717) is 21.8 Å². The Morgan fingerprint density at radius 1 is 1.08 bits per heavy atom. The maximum Gasteiger partial charge on any atom is 0.260 e. The van der Waals surface area contributed by atoms with Crippen molar-refractivity contribution >= 4 is 21.6 Å². The lowest BCUT2D eigenvalue weighted by Gasteiger charge is -2.05. The van der Waals surface area contributed by atoms with Gasteiger partial charge in [0.25, 0.3) is 5.56 Å². The van der Waals surface area contributed by atoms with Gasteiger partial charge in [-0.25, -0.2) is 9.37 Å². The van der Waals surface area contributed by atoms with Crippen LogP contribution in [-0.4, -0.2) is 9.97 Å². The van der Waals surface area contributed by atoms with Gasteiger partial charge in [0.1, 0.15) is 28.8 Å². The van der Waals surface area contributed by atoms with Gasteiger partial charge in [-0.2, -0.15) is 0 Å². The molecule has 2 heterocycles. The normalized spacial score (nSPS) is 10.9. The molecule has 4 nitrogen and oxygen atoms in total. The number of aromatic nitrogens is 2. The number of nitrogens with one attached hydrogen (secondary N) is 1. The lowest BCUT2D eigenvalue weighted by atomic mass is 10.1. The zero-order chi connectivity index (χ0) is 17.2. The van der Waals surface area contributed by atoms with Crippen molar-refractivity contribution in [2.75, 3.05) is 0 Å². The number of nitrogens with zero attached hydrogens (tertiary/aromatic N) is 1. The van der Waals surface area contributed by atoms with E-state index < -0.39 is 0 Å². The van der Waals surface area contributed by atoms with E-state index in [4.69, 9.17) is 4.74 Å². The first-order valence-electron chi connectivity index (χ1n) is 7.65. The molecule has 124 valence electrons. The fourth-order valence-corrected chi connectivity index (χ4v) is 3.54.